The Hall–Kier alpha value is -3.67. The summed E-state index contributed by atoms with van der Waals surface area (Å²) in [6.07, 6.45) is 1.00. The summed E-state index contributed by atoms with van der Waals surface area (Å²) in [6, 6.07) is 7.42. The molecule has 0 unspecified atom stereocenters. The number of aliphatic carboxylic acids is 1. The number of rotatable bonds is 7. The largest absolute Gasteiger partial charge is 0.496 e. The van der Waals surface area contributed by atoms with Gasteiger partial charge in [-0.2, -0.15) is 5.10 Å². The normalized spacial score (nSPS) is 17.6. The Kier molecular flexibility index (Phi) is 5.93. The summed E-state index contributed by atoms with van der Waals surface area (Å²) in [5, 5.41) is 29.2. The summed E-state index contributed by atoms with van der Waals surface area (Å²) in [4.78, 5) is 32.7. The molecule has 12 heteroatoms. The second kappa shape index (κ2) is 8.56. The minimum absolute atomic E-state index is 0.105. The molecule has 0 bridgehead atoms. The number of carboxylic acid groups (broad SMARTS) is 1. The Balaban J connectivity index is 1.72. The van der Waals surface area contributed by atoms with Gasteiger partial charge < -0.3 is 19.6 Å². The first-order chi connectivity index (χ1) is 13.9. The molecule has 29 heavy (non-hydrogen) atoms. The van der Waals surface area contributed by atoms with Crippen molar-refractivity contribution in [3.8, 4) is 17.1 Å². The lowest BCUT2D eigenvalue weighted by atomic mass is 10.1. The van der Waals surface area contributed by atoms with Crippen molar-refractivity contribution in [3.05, 3.63) is 46.2 Å². The van der Waals surface area contributed by atoms with Crippen LogP contribution in [0.3, 0.4) is 0 Å². The van der Waals surface area contributed by atoms with Crippen LogP contribution in [0.4, 0.5) is 5.69 Å². The molecular weight excluding hydrogens is 404 g/mol. The van der Waals surface area contributed by atoms with E-state index in [9.17, 15) is 19.7 Å². The van der Waals surface area contributed by atoms with E-state index in [1.807, 2.05) is 0 Å². The van der Waals surface area contributed by atoms with E-state index in [-0.39, 0.29) is 23.0 Å². The first-order valence-corrected chi connectivity index (χ1v) is 8.98. The fraction of sp³-hybridized carbons (Fsp3) is 0.176. The third-order valence-corrected chi connectivity index (χ3v) is 4.83. The highest BCUT2D eigenvalue weighted by atomic mass is 32.2. The number of carbonyl (C=O) groups excluding carboxylic acids is 1. The molecule has 11 nitrogen and oxygen atoms in total. The molecule has 1 aromatic heterocycles. The van der Waals surface area contributed by atoms with E-state index in [0.717, 1.165) is 11.8 Å². The highest BCUT2D eigenvalue weighted by Crippen LogP contribution is 2.34. The van der Waals surface area contributed by atoms with Crippen molar-refractivity contribution in [1.29, 1.82) is 0 Å². The van der Waals surface area contributed by atoms with Crippen LogP contribution < -0.4 is 10.1 Å². The van der Waals surface area contributed by atoms with E-state index >= 15 is 0 Å². The number of hydrogen-bond acceptors (Lipinski definition) is 9. The lowest BCUT2D eigenvalue weighted by Gasteiger charge is -2.05. The number of nitrogens with one attached hydrogen (secondary N) is 1. The Morgan fingerprint density at radius 3 is 2.93 bits per heavy atom. The van der Waals surface area contributed by atoms with Crippen LogP contribution in [-0.4, -0.2) is 45.6 Å². The van der Waals surface area contributed by atoms with Crippen LogP contribution in [0.15, 0.2) is 45.0 Å². The minimum atomic E-state index is -1.08. The number of nitro benzene ring substituents is 1. The van der Waals surface area contributed by atoms with Gasteiger partial charge in [-0.1, -0.05) is 11.8 Å². The van der Waals surface area contributed by atoms with E-state index < -0.39 is 22.0 Å². The highest BCUT2D eigenvalue weighted by Gasteiger charge is 2.32. The molecule has 2 heterocycles. The van der Waals surface area contributed by atoms with Crippen molar-refractivity contribution < 1.29 is 28.8 Å². The van der Waals surface area contributed by atoms with Crippen molar-refractivity contribution in [2.45, 2.75) is 11.7 Å². The van der Waals surface area contributed by atoms with E-state index in [0.29, 0.717) is 17.1 Å². The summed E-state index contributed by atoms with van der Waals surface area (Å²) in [5.74, 6) is -0.465. The number of nitro groups is 1. The van der Waals surface area contributed by atoms with Crippen LogP contribution in [-0.2, 0) is 9.59 Å². The molecule has 150 valence electrons. The maximum atomic E-state index is 11.6. The molecule has 1 aliphatic heterocycles. The van der Waals surface area contributed by atoms with Gasteiger partial charge in [-0.15, -0.1) is 5.10 Å². The van der Waals surface area contributed by atoms with Crippen molar-refractivity contribution >= 4 is 40.7 Å². The molecule has 0 aliphatic carbocycles. The minimum Gasteiger partial charge on any atom is -0.496 e. The quantitative estimate of drug-likeness (QED) is 0.394. The maximum Gasteiger partial charge on any atom is 0.305 e. The smallest absolute Gasteiger partial charge is 0.305 e. The molecule has 1 aromatic carbocycles. The monoisotopic (exact) mass is 418 g/mol. The molecule has 2 aromatic rings. The standard InChI is InChI=1S/C17H14N4O7S/c1-27-13-6-9(21(25)26)2-4-11(13)12-5-3-10(28-12)8-18-20-17-19-16(24)14(29-17)7-15(22)23/h2-6,8,14H,7H2,1H3,(H,22,23)(H,19,20,24)/b18-8-/t14-/m1/s1. The molecule has 1 aliphatic rings. The second-order valence-corrected chi connectivity index (χ2v) is 6.88. The fourth-order valence-electron chi connectivity index (χ4n) is 2.45. The molecule has 1 atom stereocenters. The average Bonchev–Trinajstić information content (AvgIpc) is 3.27. The van der Waals surface area contributed by atoms with Crippen molar-refractivity contribution in [3.63, 3.8) is 0 Å². The zero-order chi connectivity index (χ0) is 21.0. The van der Waals surface area contributed by atoms with Gasteiger partial charge in [-0.05, 0) is 18.2 Å². The maximum absolute atomic E-state index is 11.6. The van der Waals surface area contributed by atoms with Gasteiger partial charge >= 0.3 is 5.97 Å². The van der Waals surface area contributed by atoms with Gasteiger partial charge in [0.1, 0.15) is 22.5 Å². The lowest BCUT2D eigenvalue weighted by molar-refractivity contribution is -0.384. The number of ether oxygens (including phenoxy) is 1. The van der Waals surface area contributed by atoms with Crippen LogP contribution in [0.1, 0.15) is 12.2 Å². The molecule has 1 fully saturated rings. The van der Waals surface area contributed by atoms with Crippen molar-refractivity contribution in [2.75, 3.05) is 7.11 Å². The molecule has 1 saturated heterocycles. The Labute approximate surface area is 167 Å². The van der Waals surface area contributed by atoms with Gasteiger partial charge in [0, 0.05) is 6.07 Å². The SMILES string of the molecule is COc1cc([N+](=O)[O-])ccc1-c1ccc(/C=N\N=C2\NC(=O)[C@@H](CC(=O)O)S2)o1. The molecule has 3 rings (SSSR count). The number of nitrogens with zero attached hydrogens (tertiary/aromatic N) is 3. The predicted octanol–water partition coefficient (Wildman–Crippen LogP) is 2.26. The van der Waals surface area contributed by atoms with E-state index in [1.165, 1.54) is 31.5 Å². The summed E-state index contributed by atoms with van der Waals surface area (Å²) in [6.45, 7) is 0. The number of hydrogen-bond donors (Lipinski definition) is 2. The van der Waals surface area contributed by atoms with Gasteiger partial charge in [0.15, 0.2) is 5.17 Å². The van der Waals surface area contributed by atoms with Crippen LogP contribution in [0.2, 0.25) is 0 Å². The number of non-ortho nitro benzene ring substituents is 1. The summed E-state index contributed by atoms with van der Waals surface area (Å²) in [7, 11) is 1.40. The topological polar surface area (TPSA) is 157 Å². The Bertz CT molecular complexity index is 1030. The number of amidine groups is 1. The van der Waals surface area contributed by atoms with E-state index in [4.69, 9.17) is 14.3 Å². The molecule has 2 N–H and O–H groups in total. The molecule has 1 amide bonds. The van der Waals surface area contributed by atoms with Gasteiger partial charge in [0.05, 0.1) is 36.3 Å². The van der Waals surface area contributed by atoms with Crippen LogP contribution in [0.5, 0.6) is 5.75 Å². The first kappa shape index (κ1) is 20.1. The average molecular weight is 418 g/mol. The molecule has 0 radical (unpaired) electrons. The van der Waals surface area contributed by atoms with Crippen LogP contribution in [0, 0.1) is 10.1 Å². The van der Waals surface area contributed by atoms with Gasteiger partial charge in [0.25, 0.3) is 5.69 Å². The zero-order valence-electron chi connectivity index (χ0n) is 14.9. The number of furan rings is 1. The predicted molar refractivity (Wildman–Crippen MR) is 104 cm³/mol. The molecule has 0 spiro atoms. The van der Waals surface area contributed by atoms with Crippen molar-refractivity contribution in [1.82, 2.24) is 5.32 Å². The Morgan fingerprint density at radius 2 is 2.24 bits per heavy atom. The highest BCUT2D eigenvalue weighted by molar-refractivity contribution is 8.15. The van der Waals surface area contributed by atoms with Crippen molar-refractivity contribution in [2.24, 2.45) is 10.2 Å². The number of carbonyl (C=O) groups is 2. The Morgan fingerprint density at radius 1 is 1.45 bits per heavy atom. The molecule has 0 saturated carbocycles. The fourth-order valence-corrected chi connectivity index (χ4v) is 3.36. The summed E-state index contributed by atoms with van der Waals surface area (Å²) in [5.41, 5.74) is 0.422. The summed E-state index contributed by atoms with van der Waals surface area (Å²) < 4.78 is 10.8. The van der Waals surface area contributed by atoms with E-state index in [1.54, 1.807) is 12.1 Å². The number of methoxy groups -OCH3 is 1. The van der Waals surface area contributed by atoms with Crippen LogP contribution >= 0.6 is 11.8 Å². The third kappa shape index (κ3) is 4.79. The first-order valence-electron chi connectivity index (χ1n) is 8.10. The second-order valence-electron chi connectivity index (χ2n) is 5.69. The van der Waals surface area contributed by atoms with Gasteiger partial charge in [0.2, 0.25) is 5.91 Å². The number of benzene rings is 1. The zero-order valence-corrected chi connectivity index (χ0v) is 15.7. The van der Waals surface area contributed by atoms with E-state index in [2.05, 4.69) is 15.5 Å². The number of amides is 1. The third-order valence-electron chi connectivity index (χ3n) is 3.76. The molecular formula is C17H14N4O7S. The van der Waals surface area contributed by atoms with Gasteiger partial charge in [-0.3, -0.25) is 19.7 Å². The summed E-state index contributed by atoms with van der Waals surface area (Å²) >= 11 is 0.985. The lowest BCUT2D eigenvalue weighted by Crippen LogP contribution is -2.26. The number of thioether (sulfide) groups is 1. The number of carboxylic acids is 1. The van der Waals surface area contributed by atoms with Gasteiger partial charge in [-0.25, -0.2) is 0 Å². The van der Waals surface area contributed by atoms with Crippen LogP contribution in [0.25, 0.3) is 11.3 Å².